The maximum Gasteiger partial charge on any atom is 0.252 e. The van der Waals surface area contributed by atoms with Crippen LogP contribution in [-0.4, -0.2) is 37.0 Å². The Morgan fingerprint density at radius 3 is 2.53 bits per heavy atom. The summed E-state index contributed by atoms with van der Waals surface area (Å²) in [6, 6.07) is 3.10. The van der Waals surface area contributed by atoms with Crippen molar-refractivity contribution in [3.8, 4) is 0 Å². The Hall–Kier alpha value is -0.470. The van der Waals surface area contributed by atoms with Gasteiger partial charge in [-0.2, -0.15) is 4.31 Å². The third-order valence-corrected chi connectivity index (χ3v) is 5.95. The number of hydrogen-bond donors (Lipinski definition) is 2. The average molecular weight is 278 g/mol. The number of hydrogen-bond acceptors (Lipinski definition) is 5. The smallest absolute Gasteiger partial charge is 0.252 e. The molecule has 98 valence electrons. The van der Waals surface area contributed by atoms with Crippen LogP contribution in [0.15, 0.2) is 16.3 Å². The molecule has 1 aromatic rings. The summed E-state index contributed by atoms with van der Waals surface area (Å²) in [5.74, 6) is 0. The summed E-state index contributed by atoms with van der Waals surface area (Å²) in [5.41, 5.74) is 5.46. The van der Waals surface area contributed by atoms with Crippen LogP contribution < -0.4 is 5.73 Å². The number of aliphatic hydroxyl groups excluding tert-OH is 1. The highest BCUT2D eigenvalue weighted by Gasteiger charge is 2.27. The van der Waals surface area contributed by atoms with E-state index in [4.69, 9.17) is 10.8 Å². The normalized spacial score (nSPS) is 12.6. The standard InChI is InChI=1S/C10H18N2O3S2/c1-8(2)12(5-6-13)17(14,15)10-4-3-9(7-11)16-10/h3-4,8,13H,5-7,11H2,1-2H3. The molecule has 0 spiro atoms. The highest BCUT2D eigenvalue weighted by Crippen LogP contribution is 2.25. The summed E-state index contributed by atoms with van der Waals surface area (Å²) < 4.78 is 26.1. The average Bonchev–Trinajstić information content (AvgIpc) is 2.74. The lowest BCUT2D eigenvalue weighted by Crippen LogP contribution is -2.38. The maximum atomic E-state index is 12.3. The molecule has 7 heteroatoms. The monoisotopic (exact) mass is 278 g/mol. The topological polar surface area (TPSA) is 83.6 Å². The second-order valence-electron chi connectivity index (χ2n) is 3.86. The molecule has 17 heavy (non-hydrogen) atoms. The fraction of sp³-hybridized carbons (Fsp3) is 0.600. The molecule has 0 saturated carbocycles. The van der Waals surface area contributed by atoms with Gasteiger partial charge in [0.05, 0.1) is 6.61 Å². The first-order chi connectivity index (χ1) is 7.93. The van der Waals surface area contributed by atoms with Crippen molar-refractivity contribution >= 4 is 21.4 Å². The zero-order chi connectivity index (χ0) is 13.1. The zero-order valence-electron chi connectivity index (χ0n) is 9.96. The predicted octanol–water partition coefficient (Wildman–Crippen LogP) is 0.598. The van der Waals surface area contributed by atoms with E-state index in [0.29, 0.717) is 6.54 Å². The second kappa shape index (κ2) is 5.92. The van der Waals surface area contributed by atoms with Crippen molar-refractivity contribution in [1.29, 1.82) is 0 Å². The van der Waals surface area contributed by atoms with Crippen LogP contribution >= 0.6 is 11.3 Å². The van der Waals surface area contributed by atoms with Crippen molar-refractivity contribution in [3.05, 3.63) is 17.0 Å². The summed E-state index contributed by atoms with van der Waals surface area (Å²) in [5, 5.41) is 8.92. The molecule has 0 atom stereocenters. The summed E-state index contributed by atoms with van der Waals surface area (Å²) in [6.45, 7) is 3.82. The van der Waals surface area contributed by atoms with Gasteiger partial charge in [0.25, 0.3) is 10.0 Å². The first-order valence-corrected chi connectivity index (χ1v) is 7.60. The van der Waals surface area contributed by atoms with Crippen molar-refractivity contribution in [2.45, 2.75) is 30.6 Å². The molecule has 1 rings (SSSR count). The molecule has 1 heterocycles. The molecule has 0 radical (unpaired) electrons. The van der Waals surface area contributed by atoms with Gasteiger partial charge in [-0.15, -0.1) is 11.3 Å². The van der Waals surface area contributed by atoms with Gasteiger partial charge in [0, 0.05) is 24.0 Å². The lowest BCUT2D eigenvalue weighted by molar-refractivity contribution is 0.237. The van der Waals surface area contributed by atoms with E-state index in [0.717, 1.165) is 4.88 Å². The lowest BCUT2D eigenvalue weighted by atomic mass is 10.4. The molecule has 0 aromatic carbocycles. The van der Waals surface area contributed by atoms with E-state index in [2.05, 4.69) is 0 Å². The Bertz CT molecular complexity index is 454. The Labute approximate surface area is 106 Å². The molecule has 3 N–H and O–H groups in total. The third kappa shape index (κ3) is 3.26. The lowest BCUT2D eigenvalue weighted by Gasteiger charge is -2.24. The minimum Gasteiger partial charge on any atom is -0.395 e. The molecule has 1 aromatic heterocycles. The molecule has 0 amide bonds. The van der Waals surface area contributed by atoms with Crippen LogP contribution in [-0.2, 0) is 16.6 Å². The van der Waals surface area contributed by atoms with Gasteiger partial charge in [-0.3, -0.25) is 0 Å². The zero-order valence-corrected chi connectivity index (χ0v) is 11.6. The minimum atomic E-state index is -3.52. The second-order valence-corrected chi connectivity index (χ2v) is 7.14. The minimum absolute atomic E-state index is 0.107. The molecular weight excluding hydrogens is 260 g/mol. The summed E-state index contributed by atoms with van der Waals surface area (Å²) >= 11 is 1.18. The number of nitrogens with two attached hydrogens (primary N) is 1. The van der Waals surface area contributed by atoms with Crippen LogP contribution in [0.4, 0.5) is 0 Å². The van der Waals surface area contributed by atoms with Crippen molar-refractivity contribution in [3.63, 3.8) is 0 Å². The van der Waals surface area contributed by atoms with Crippen LogP contribution in [0.5, 0.6) is 0 Å². The van der Waals surface area contributed by atoms with Crippen molar-refractivity contribution in [1.82, 2.24) is 4.31 Å². The van der Waals surface area contributed by atoms with Gasteiger partial charge in [0.1, 0.15) is 4.21 Å². The van der Waals surface area contributed by atoms with Crippen LogP contribution in [0.2, 0.25) is 0 Å². The fourth-order valence-electron chi connectivity index (χ4n) is 1.48. The summed E-state index contributed by atoms with van der Waals surface area (Å²) in [7, 11) is -3.52. The first kappa shape index (κ1) is 14.6. The Morgan fingerprint density at radius 1 is 1.47 bits per heavy atom. The first-order valence-electron chi connectivity index (χ1n) is 5.35. The van der Waals surface area contributed by atoms with Gasteiger partial charge in [-0.05, 0) is 26.0 Å². The molecule has 0 saturated heterocycles. The van der Waals surface area contributed by atoms with Crippen molar-refractivity contribution in [2.24, 2.45) is 5.73 Å². The van der Waals surface area contributed by atoms with Crippen LogP contribution in [0.3, 0.4) is 0 Å². The number of aliphatic hydroxyl groups is 1. The van der Waals surface area contributed by atoms with E-state index in [1.165, 1.54) is 15.6 Å². The molecule has 0 aliphatic rings. The Kier molecular flexibility index (Phi) is 5.08. The molecular formula is C10H18N2O3S2. The third-order valence-electron chi connectivity index (χ3n) is 2.30. The number of rotatable bonds is 6. The van der Waals surface area contributed by atoms with Gasteiger partial charge in [0.15, 0.2) is 0 Å². The van der Waals surface area contributed by atoms with Gasteiger partial charge in [-0.1, -0.05) is 0 Å². The van der Waals surface area contributed by atoms with Gasteiger partial charge in [-0.25, -0.2) is 8.42 Å². The van der Waals surface area contributed by atoms with Crippen molar-refractivity contribution in [2.75, 3.05) is 13.2 Å². The van der Waals surface area contributed by atoms with Gasteiger partial charge in [0.2, 0.25) is 0 Å². The van der Waals surface area contributed by atoms with Gasteiger partial charge < -0.3 is 10.8 Å². The van der Waals surface area contributed by atoms with Crippen LogP contribution in [0.25, 0.3) is 0 Å². The number of thiophene rings is 1. The van der Waals surface area contributed by atoms with E-state index in [1.54, 1.807) is 26.0 Å². The van der Waals surface area contributed by atoms with E-state index in [1.807, 2.05) is 0 Å². The predicted molar refractivity (Wildman–Crippen MR) is 68.3 cm³/mol. The van der Waals surface area contributed by atoms with E-state index in [9.17, 15) is 8.42 Å². The Balaban J connectivity index is 3.07. The molecule has 0 unspecified atom stereocenters. The van der Waals surface area contributed by atoms with Gasteiger partial charge >= 0.3 is 0 Å². The highest BCUT2D eigenvalue weighted by molar-refractivity contribution is 7.91. The molecule has 5 nitrogen and oxygen atoms in total. The molecule has 0 fully saturated rings. The summed E-state index contributed by atoms with van der Waals surface area (Å²) in [6.07, 6.45) is 0. The van der Waals surface area contributed by atoms with Crippen LogP contribution in [0, 0.1) is 0 Å². The molecule has 0 bridgehead atoms. The largest absolute Gasteiger partial charge is 0.395 e. The number of sulfonamides is 1. The maximum absolute atomic E-state index is 12.3. The quantitative estimate of drug-likeness (QED) is 0.798. The molecule has 0 aliphatic heterocycles. The van der Waals surface area contributed by atoms with E-state index in [-0.39, 0.29) is 23.4 Å². The highest BCUT2D eigenvalue weighted by atomic mass is 32.2. The summed E-state index contributed by atoms with van der Waals surface area (Å²) in [4.78, 5) is 0.830. The van der Waals surface area contributed by atoms with Crippen molar-refractivity contribution < 1.29 is 13.5 Å². The van der Waals surface area contributed by atoms with Crippen LogP contribution in [0.1, 0.15) is 18.7 Å². The Morgan fingerprint density at radius 2 is 2.12 bits per heavy atom. The van der Waals surface area contributed by atoms with E-state index < -0.39 is 10.0 Å². The number of nitrogens with zero attached hydrogens (tertiary/aromatic N) is 1. The SMILES string of the molecule is CC(C)N(CCO)S(=O)(=O)c1ccc(CN)s1. The molecule has 0 aliphatic carbocycles. The fourth-order valence-corrected chi connectivity index (χ4v) is 4.47. The van der Waals surface area contributed by atoms with E-state index >= 15 is 0 Å².